The first-order chi connectivity index (χ1) is 18.8. The summed E-state index contributed by atoms with van der Waals surface area (Å²) in [5, 5.41) is 0. The third kappa shape index (κ3) is 4.52. The molecule has 6 heteroatoms. The summed E-state index contributed by atoms with van der Waals surface area (Å²) in [7, 11) is 0. The molecule has 0 N–H and O–H groups in total. The number of ether oxygens (including phenoxy) is 4. The topological polar surface area (TPSA) is 36.9 Å². The minimum atomic E-state index is 0.489. The van der Waals surface area contributed by atoms with Crippen LogP contribution < -0.4 is 9.47 Å². The minimum absolute atomic E-state index is 0.489. The number of benzene rings is 4. The molecule has 0 aliphatic carbocycles. The minimum Gasteiger partial charge on any atom is -0.491 e. The molecule has 0 saturated heterocycles. The Bertz CT molecular complexity index is 1430. The fourth-order valence-electron chi connectivity index (χ4n) is 5.12. The average Bonchev–Trinajstić information content (AvgIpc) is 2.95. The fourth-order valence-corrected chi connectivity index (χ4v) is 7.26. The molecular formula is C32H26O4S2. The molecule has 0 fully saturated rings. The molecule has 0 unspecified atom stereocenters. The van der Waals surface area contributed by atoms with Gasteiger partial charge in [-0.05, 0) is 70.8 Å². The Balaban J connectivity index is 1.50. The van der Waals surface area contributed by atoms with Gasteiger partial charge in [0, 0.05) is 30.7 Å². The number of fused-ring (bicyclic) bond motifs is 6. The Labute approximate surface area is 231 Å². The predicted molar refractivity (Wildman–Crippen MR) is 152 cm³/mol. The third-order valence-electron chi connectivity index (χ3n) is 6.81. The Hall–Kier alpha value is -3.16. The maximum absolute atomic E-state index is 6.15. The highest BCUT2D eigenvalue weighted by Crippen LogP contribution is 2.54. The van der Waals surface area contributed by atoms with Gasteiger partial charge in [0.2, 0.25) is 0 Å². The third-order valence-corrected chi connectivity index (χ3v) is 9.11. The van der Waals surface area contributed by atoms with Crippen molar-refractivity contribution in [2.24, 2.45) is 0 Å². The summed E-state index contributed by atoms with van der Waals surface area (Å²) in [5.74, 6) is 1.69. The molecule has 0 amide bonds. The molecule has 4 nitrogen and oxygen atoms in total. The van der Waals surface area contributed by atoms with Gasteiger partial charge in [0.05, 0.1) is 26.4 Å². The van der Waals surface area contributed by atoms with Crippen molar-refractivity contribution in [1.29, 1.82) is 0 Å². The first kappa shape index (κ1) is 23.9. The van der Waals surface area contributed by atoms with E-state index in [9.17, 15) is 0 Å². The van der Waals surface area contributed by atoms with Crippen LogP contribution in [0.2, 0.25) is 0 Å². The smallest absolute Gasteiger partial charge is 0.120 e. The van der Waals surface area contributed by atoms with Crippen molar-refractivity contribution >= 4 is 34.7 Å². The van der Waals surface area contributed by atoms with Crippen LogP contribution in [0.5, 0.6) is 11.5 Å². The fraction of sp³-hybridized carbons (Fsp3) is 0.188. The molecule has 0 atom stereocenters. The molecule has 0 aromatic heterocycles. The zero-order valence-electron chi connectivity index (χ0n) is 20.8. The standard InChI is InChI=1S/C32H26O4S2/c1-3-7-27-23(5-1)31-25-19-21(9-11-29(25)37-27)35-17-15-33-13-14-34-16-18-36-22-10-12-30-26(20-22)32(31)24-6-2-4-8-28(24)38-30/h1-12,19-20H,13-18H2/b32-31+. The van der Waals surface area contributed by atoms with Crippen LogP contribution in [0.3, 0.4) is 0 Å². The summed E-state index contributed by atoms with van der Waals surface area (Å²) in [6.07, 6.45) is 0. The van der Waals surface area contributed by atoms with E-state index in [0.717, 1.165) is 11.5 Å². The lowest BCUT2D eigenvalue weighted by Gasteiger charge is -2.30. The number of hydrogen-bond acceptors (Lipinski definition) is 6. The zero-order chi connectivity index (χ0) is 25.3. The molecule has 0 radical (unpaired) electrons. The van der Waals surface area contributed by atoms with E-state index in [4.69, 9.17) is 18.9 Å². The summed E-state index contributed by atoms with van der Waals surface area (Å²) >= 11 is 3.63. The molecule has 4 aromatic carbocycles. The maximum Gasteiger partial charge on any atom is 0.120 e. The summed E-state index contributed by atoms with van der Waals surface area (Å²) in [4.78, 5) is 4.97. The van der Waals surface area contributed by atoms with Crippen LogP contribution in [0, 0.1) is 0 Å². The SMILES string of the molecule is c1ccc2c(c1)Sc1ccc3cc1/C2=C1\c2ccccc2Sc2ccc(cc21)OCCOCCOCCO3. The van der Waals surface area contributed by atoms with E-state index in [1.807, 2.05) is 23.5 Å². The molecular weight excluding hydrogens is 512 g/mol. The van der Waals surface area contributed by atoms with Crippen LogP contribution in [0.1, 0.15) is 22.3 Å². The van der Waals surface area contributed by atoms with Crippen molar-refractivity contribution in [2.75, 3.05) is 39.6 Å². The lowest BCUT2D eigenvalue weighted by atomic mass is 9.85. The normalized spacial score (nSPS) is 18.6. The summed E-state index contributed by atoms with van der Waals surface area (Å²) < 4.78 is 23.7. The van der Waals surface area contributed by atoms with Crippen LogP contribution in [-0.4, -0.2) is 39.6 Å². The van der Waals surface area contributed by atoms with Crippen LogP contribution in [-0.2, 0) is 9.47 Å². The first-order valence-electron chi connectivity index (χ1n) is 12.8. The molecule has 0 saturated carbocycles. The largest absolute Gasteiger partial charge is 0.491 e. The van der Waals surface area contributed by atoms with Gasteiger partial charge in [-0.2, -0.15) is 0 Å². The van der Waals surface area contributed by atoms with Crippen LogP contribution in [0.4, 0.5) is 0 Å². The molecule has 190 valence electrons. The summed E-state index contributed by atoms with van der Waals surface area (Å²) in [6, 6.07) is 30.3. The van der Waals surface area contributed by atoms with Gasteiger partial charge in [0.1, 0.15) is 24.7 Å². The van der Waals surface area contributed by atoms with Crippen molar-refractivity contribution in [3.8, 4) is 11.5 Å². The van der Waals surface area contributed by atoms with Crippen LogP contribution in [0.15, 0.2) is 105 Å². The molecule has 38 heavy (non-hydrogen) atoms. The molecule has 0 spiro atoms. The summed E-state index contributed by atoms with van der Waals surface area (Å²) in [6.45, 7) is 3.08. The van der Waals surface area contributed by atoms with Gasteiger partial charge in [-0.1, -0.05) is 59.9 Å². The van der Waals surface area contributed by atoms with Crippen molar-refractivity contribution < 1.29 is 18.9 Å². The quantitative estimate of drug-likeness (QED) is 0.200. The Morgan fingerprint density at radius 2 is 0.842 bits per heavy atom. The Morgan fingerprint density at radius 1 is 0.421 bits per heavy atom. The first-order valence-corrected chi connectivity index (χ1v) is 14.5. The van der Waals surface area contributed by atoms with Gasteiger partial charge < -0.3 is 18.9 Å². The summed E-state index contributed by atoms with van der Waals surface area (Å²) in [5.41, 5.74) is 7.31. The monoisotopic (exact) mass is 538 g/mol. The average molecular weight is 539 g/mol. The van der Waals surface area contributed by atoms with Crippen LogP contribution >= 0.6 is 23.5 Å². The molecule has 3 aliphatic rings. The van der Waals surface area contributed by atoms with E-state index in [0.29, 0.717) is 39.6 Å². The van der Waals surface area contributed by atoms with Gasteiger partial charge in [0.15, 0.2) is 0 Å². The van der Waals surface area contributed by atoms with E-state index < -0.39 is 0 Å². The molecule has 4 bridgehead atoms. The Kier molecular flexibility index (Phi) is 6.64. The second-order valence-corrected chi connectivity index (χ2v) is 11.4. The predicted octanol–water partition coefficient (Wildman–Crippen LogP) is 7.43. The van der Waals surface area contributed by atoms with Gasteiger partial charge in [0.25, 0.3) is 0 Å². The van der Waals surface area contributed by atoms with E-state index in [2.05, 4.69) is 84.9 Å². The second kappa shape index (κ2) is 10.5. The van der Waals surface area contributed by atoms with Crippen LogP contribution in [0.25, 0.3) is 11.1 Å². The van der Waals surface area contributed by atoms with Gasteiger partial charge in [-0.25, -0.2) is 0 Å². The lowest BCUT2D eigenvalue weighted by Crippen LogP contribution is -2.14. The van der Waals surface area contributed by atoms with Gasteiger partial charge >= 0.3 is 0 Å². The van der Waals surface area contributed by atoms with E-state index >= 15 is 0 Å². The van der Waals surface area contributed by atoms with Crippen molar-refractivity contribution in [3.05, 3.63) is 107 Å². The second-order valence-electron chi connectivity index (χ2n) is 9.18. The van der Waals surface area contributed by atoms with E-state index in [1.165, 1.54) is 53.0 Å². The Morgan fingerprint density at radius 3 is 1.34 bits per heavy atom. The number of rotatable bonds is 0. The maximum atomic E-state index is 6.15. The van der Waals surface area contributed by atoms with Gasteiger partial charge in [-0.3, -0.25) is 0 Å². The molecule has 3 heterocycles. The lowest BCUT2D eigenvalue weighted by molar-refractivity contribution is 0.0273. The highest BCUT2D eigenvalue weighted by molar-refractivity contribution is 8.00. The van der Waals surface area contributed by atoms with Crippen molar-refractivity contribution in [2.45, 2.75) is 19.6 Å². The zero-order valence-corrected chi connectivity index (χ0v) is 22.4. The highest BCUT2D eigenvalue weighted by atomic mass is 32.2. The number of hydrogen-bond donors (Lipinski definition) is 0. The van der Waals surface area contributed by atoms with Crippen molar-refractivity contribution in [1.82, 2.24) is 0 Å². The molecule has 3 aliphatic heterocycles. The van der Waals surface area contributed by atoms with Gasteiger partial charge in [-0.15, -0.1) is 0 Å². The molecule has 7 rings (SSSR count). The highest BCUT2D eigenvalue weighted by Gasteiger charge is 2.30. The van der Waals surface area contributed by atoms with Crippen molar-refractivity contribution in [3.63, 3.8) is 0 Å². The van der Waals surface area contributed by atoms with E-state index in [-0.39, 0.29) is 0 Å². The van der Waals surface area contributed by atoms with E-state index in [1.54, 1.807) is 0 Å². The molecule has 4 aromatic rings.